The highest BCUT2D eigenvalue weighted by molar-refractivity contribution is 6.03. The van der Waals surface area contributed by atoms with E-state index < -0.39 is 11.4 Å². The lowest BCUT2D eigenvalue weighted by Gasteiger charge is -2.32. The lowest BCUT2D eigenvalue weighted by atomic mass is 9.87. The summed E-state index contributed by atoms with van der Waals surface area (Å²) in [6.45, 7) is 7.29. The van der Waals surface area contributed by atoms with Crippen molar-refractivity contribution in [3.63, 3.8) is 0 Å². The van der Waals surface area contributed by atoms with Crippen LogP contribution in [-0.2, 0) is 19.1 Å². The van der Waals surface area contributed by atoms with E-state index in [2.05, 4.69) is 4.90 Å². The number of nitrogens with zero attached hydrogens (tertiary/aromatic N) is 1. The fourth-order valence-corrected chi connectivity index (χ4v) is 2.13. The number of carbonyl (C=O) groups is 2. The molecule has 0 amide bonds. The Morgan fingerprint density at radius 3 is 2.32 bits per heavy atom. The van der Waals surface area contributed by atoms with Gasteiger partial charge in [-0.2, -0.15) is 0 Å². The Morgan fingerprint density at radius 1 is 1.26 bits per heavy atom. The van der Waals surface area contributed by atoms with Crippen LogP contribution in [0.1, 0.15) is 33.6 Å². The van der Waals surface area contributed by atoms with Gasteiger partial charge in [0.25, 0.3) is 0 Å². The minimum absolute atomic E-state index is 0.0817. The Kier molecular flexibility index (Phi) is 5.94. The van der Waals surface area contributed by atoms with Gasteiger partial charge in [-0.3, -0.25) is 14.5 Å². The second-order valence-electron chi connectivity index (χ2n) is 5.48. The third-order valence-corrected chi connectivity index (χ3v) is 3.72. The van der Waals surface area contributed by atoms with Gasteiger partial charge in [-0.25, -0.2) is 0 Å². The number of likely N-dealkylation sites (tertiary alicyclic amines) is 1. The molecule has 0 unspecified atom stereocenters. The highest BCUT2D eigenvalue weighted by atomic mass is 16.5. The predicted molar refractivity (Wildman–Crippen MR) is 71.9 cm³/mol. The molecule has 0 aromatic heterocycles. The number of hydrogen-bond acceptors (Lipinski definition) is 5. The molecular weight excluding hydrogens is 246 g/mol. The molecule has 0 spiro atoms. The Bertz CT molecular complexity index is 319. The summed E-state index contributed by atoms with van der Waals surface area (Å²) in [5.74, 6) is -0.520. The van der Waals surface area contributed by atoms with Crippen molar-refractivity contribution in [3.8, 4) is 0 Å². The summed E-state index contributed by atoms with van der Waals surface area (Å²) in [6.07, 6.45) is 2.16. The molecule has 1 fully saturated rings. The van der Waals surface area contributed by atoms with Gasteiger partial charge in [0, 0.05) is 20.2 Å². The van der Waals surface area contributed by atoms with Crippen LogP contribution in [0.2, 0.25) is 0 Å². The molecule has 5 heteroatoms. The Hall–Kier alpha value is -0.940. The molecule has 1 rings (SSSR count). The van der Waals surface area contributed by atoms with Crippen LogP contribution >= 0.6 is 0 Å². The Balaban J connectivity index is 2.48. The van der Waals surface area contributed by atoms with Crippen LogP contribution in [0.3, 0.4) is 0 Å². The number of methoxy groups -OCH3 is 1. The Labute approximate surface area is 115 Å². The Morgan fingerprint density at radius 2 is 1.84 bits per heavy atom. The van der Waals surface area contributed by atoms with E-state index >= 15 is 0 Å². The summed E-state index contributed by atoms with van der Waals surface area (Å²) in [5.41, 5.74) is -1.06. The number of Topliss-reactive ketones (excluding diaryl/α,β-unsaturated/α-hetero) is 1. The van der Waals surface area contributed by atoms with Gasteiger partial charge < -0.3 is 9.47 Å². The first-order chi connectivity index (χ1) is 8.91. The number of hydrogen-bond donors (Lipinski definition) is 0. The molecule has 5 nitrogen and oxygen atoms in total. The van der Waals surface area contributed by atoms with E-state index in [4.69, 9.17) is 9.47 Å². The van der Waals surface area contributed by atoms with E-state index in [1.54, 1.807) is 27.9 Å². The molecule has 0 aromatic rings. The van der Waals surface area contributed by atoms with Crippen molar-refractivity contribution in [1.29, 1.82) is 0 Å². The molecule has 110 valence electrons. The van der Waals surface area contributed by atoms with Crippen LogP contribution in [0.15, 0.2) is 0 Å². The number of esters is 1. The van der Waals surface area contributed by atoms with Crippen LogP contribution in [0, 0.1) is 5.41 Å². The second kappa shape index (κ2) is 7.01. The van der Waals surface area contributed by atoms with Crippen molar-refractivity contribution in [2.24, 2.45) is 5.41 Å². The molecule has 1 aliphatic heterocycles. The van der Waals surface area contributed by atoms with Gasteiger partial charge >= 0.3 is 5.97 Å². The number of carbonyl (C=O) groups excluding carboxylic acids is 2. The highest BCUT2D eigenvalue weighted by Crippen LogP contribution is 2.21. The summed E-state index contributed by atoms with van der Waals surface area (Å²) >= 11 is 0. The van der Waals surface area contributed by atoms with Crippen molar-refractivity contribution in [2.75, 3.05) is 33.4 Å². The summed E-state index contributed by atoms with van der Waals surface area (Å²) in [7, 11) is 1.72. The maximum absolute atomic E-state index is 12.2. The average molecular weight is 271 g/mol. The van der Waals surface area contributed by atoms with Gasteiger partial charge in [-0.05, 0) is 33.6 Å². The summed E-state index contributed by atoms with van der Waals surface area (Å²) < 4.78 is 10.2. The molecule has 0 aromatic carbocycles. The predicted octanol–water partition coefficient (Wildman–Crippen LogP) is 1.26. The summed E-state index contributed by atoms with van der Waals surface area (Å²) in [6, 6.07) is 0. The molecule has 0 bridgehead atoms. The number of piperidine rings is 1. The van der Waals surface area contributed by atoms with E-state index in [0.29, 0.717) is 19.3 Å². The smallest absolute Gasteiger partial charge is 0.319 e. The number of ether oxygens (including phenoxy) is 2. The van der Waals surface area contributed by atoms with Gasteiger partial charge in [-0.15, -0.1) is 0 Å². The molecule has 0 aliphatic carbocycles. The first-order valence-corrected chi connectivity index (χ1v) is 6.87. The normalized spacial score (nSPS) is 18.3. The first-order valence-electron chi connectivity index (χ1n) is 6.87. The lowest BCUT2D eigenvalue weighted by molar-refractivity contribution is -0.158. The van der Waals surface area contributed by atoms with E-state index in [1.807, 2.05) is 0 Å². The van der Waals surface area contributed by atoms with Gasteiger partial charge in [0.2, 0.25) is 0 Å². The highest BCUT2D eigenvalue weighted by Gasteiger charge is 2.38. The molecule has 0 N–H and O–H groups in total. The quantitative estimate of drug-likeness (QED) is 0.537. The molecule has 1 saturated heterocycles. The third-order valence-electron chi connectivity index (χ3n) is 3.72. The van der Waals surface area contributed by atoms with E-state index in [1.165, 1.54) is 0 Å². The zero-order valence-corrected chi connectivity index (χ0v) is 12.4. The third kappa shape index (κ3) is 4.28. The second-order valence-corrected chi connectivity index (χ2v) is 5.48. The largest absolute Gasteiger partial charge is 0.465 e. The minimum Gasteiger partial charge on any atom is -0.465 e. The van der Waals surface area contributed by atoms with Crippen LogP contribution in [0.4, 0.5) is 0 Å². The van der Waals surface area contributed by atoms with Gasteiger partial charge in [-0.1, -0.05) is 0 Å². The summed E-state index contributed by atoms with van der Waals surface area (Å²) in [4.78, 5) is 26.1. The molecular formula is C14H25NO4. The minimum atomic E-state index is -1.06. The zero-order valence-electron chi connectivity index (χ0n) is 12.4. The topological polar surface area (TPSA) is 55.8 Å². The number of rotatable bonds is 6. The van der Waals surface area contributed by atoms with Gasteiger partial charge in [0.15, 0.2) is 5.78 Å². The van der Waals surface area contributed by atoms with Crippen molar-refractivity contribution in [3.05, 3.63) is 0 Å². The molecule has 1 heterocycles. The average Bonchev–Trinajstić information content (AvgIpc) is 2.39. The number of ketones is 1. The maximum atomic E-state index is 12.2. The standard InChI is InChI=1S/C14H25NO4/c1-5-19-13(17)14(2,3)12(16)10-15-8-6-11(18-4)7-9-15/h11H,5-10H2,1-4H3. The van der Waals surface area contributed by atoms with Crippen molar-refractivity contribution < 1.29 is 19.1 Å². The van der Waals surface area contributed by atoms with E-state index in [0.717, 1.165) is 25.9 Å². The van der Waals surface area contributed by atoms with Crippen LogP contribution in [0.5, 0.6) is 0 Å². The van der Waals surface area contributed by atoms with Crippen LogP contribution in [0.25, 0.3) is 0 Å². The molecule has 0 radical (unpaired) electrons. The fourth-order valence-electron chi connectivity index (χ4n) is 2.13. The van der Waals surface area contributed by atoms with E-state index in [-0.39, 0.29) is 5.78 Å². The van der Waals surface area contributed by atoms with Crippen LogP contribution in [-0.4, -0.2) is 56.1 Å². The van der Waals surface area contributed by atoms with Gasteiger partial charge in [0.1, 0.15) is 5.41 Å². The summed E-state index contributed by atoms with van der Waals surface area (Å²) in [5, 5.41) is 0. The van der Waals surface area contributed by atoms with Crippen LogP contribution < -0.4 is 0 Å². The monoisotopic (exact) mass is 271 g/mol. The zero-order chi connectivity index (χ0) is 14.5. The molecule has 0 atom stereocenters. The lowest BCUT2D eigenvalue weighted by Crippen LogP contribution is -2.45. The van der Waals surface area contributed by atoms with Crippen molar-refractivity contribution in [2.45, 2.75) is 39.7 Å². The van der Waals surface area contributed by atoms with Crippen molar-refractivity contribution in [1.82, 2.24) is 4.90 Å². The van der Waals surface area contributed by atoms with E-state index in [9.17, 15) is 9.59 Å². The van der Waals surface area contributed by atoms with Crippen molar-refractivity contribution >= 4 is 11.8 Å². The van der Waals surface area contributed by atoms with Gasteiger partial charge in [0.05, 0.1) is 19.3 Å². The SMILES string of the molecule is CCOC(=O)C(C)(C)C(=O)CN1CCC(OC)CC1. The molecule has 19 heavy (non-hydrogen) atoms. The maximum Gasteiger partial charge on any atom is 0.319 e. The molecule has 1 aliphatic rings. The first kappa shape index (κ1) is 16.1. The fraction of sp³-hybridized carbons (Fsp3) is 0.857. The molecule has 0 saturated carbocycles.